The van der Waals surface area contributed by atoms with Crippen LogP contribution in [0.4, 0.5) is 0 Å². The number of benzene rings is 2. The van der Waals surface area contributed by atoms with Crippen molar-refractivity contribution in [2.24, 2.45) is 5.92 Å². The van der Waals surface area contributed by atoms with Crippen LogP contribution in [0.5, 0.6) is 11.5 Å². The topological polar surface area (TPSA) is 108 Å². The highest BCUT2D eigenvalue weighted by atomic mass is 16.5. The van der Waals surface area contributed by atoms with Crippen LogP contribution in [0.1, 0.15) is 41.0 Å². The molecule has 2 N–H and O–H groups in total. The van der Waals surface area contributed by atoms with Crippen molar-refractivity contribution in [3.05, 3.63) is 89.2 Å². The first-order valence-electron chi connectivity index (χ1n) is 13.5. The molecular weight excluding hydrogens is 494 g/mol. The van der Waals surface area contributed by atoms with Crippen LogP contribution in [0.3, 0.4) is 0 Å². The lowest BCUT2D eigenvalue weighted by molar-refractivity contribution is -0.153. The zero-order chi connectivity index (χ0) is 26.8. The molecule has 1 aromatic heterocycles. The second kappa shape index (κ2) is 9.04. The van der Waals surface area contributed by atoms with E-state index in [0.717, 1.165) is 18.4 Å². The van der Waals surface area contributed by atoms with E-state index in [9.17, 15) is 15.5 Å². The first-order chi connectivity index (χ1) is 19.0. The number of aliphatic hydroxyl groups excluding tert-OH is 1. The summed E-state index contributed by atoms with van der Waals surface area (Å²) in [7, 11) is 1.53. The van der Waals surface area contributed by atoms with Crippen LogP contribution < -0.4 is 9.47 Å². The Balaban J connectivity index is 1.47. The number of nitrogens with zero attached hydrogens (tertiary/aromatic N) is 3. The minimum Gasteiger partial charge on any atom is -0.495 e. The highest BCUT2D eigenvalue weighted by Gasteiger charge is 2.77. The predicted octanol–water partition coefficient (Wildman–Crippen LogP) is 3.08. The van der Waals surface area contributed by atoms with Crippen molar-refractivity contribution in [3.8, 4) is 17.6 Å². The molecule has 3 aliphatic heterocycles. The maximum Gasteiger partial charge on any atom is 0.177 e. The van der Waals surface area contributed by atoms with E-state index in [1.54, 1.807) is 24.5 Å². The average molecular weight is 526 g/mol. The summed E-state index contributed by atoms with van der Waals surface area (Å²) in [6, 6.07) is 19.9. The van der Waals surface area contributed by atoms with Crippen LogP contribution in [0, 0.1) is 17.2 Å². The van der Waals surface area contributed by atoms with Gasteiger partial charge < -0.3 is 24.4 Å². The van der Waals surface area contributed by atoms with Crippen molar-refractivity contribution in [3.63, 3.8) is 0 Å². The summed E-state index contributed by atoms with van der Waals surface area (Å²) >= 11 is 0. The maximum absolute atomic E-state index is 13.0. The predicted molar refractivity (Wildman–Crippen MR) is 141 cm³/mol. The fraction of sp³-hybridized carbons (Fsp3) is 0.419. The standard InChI is InChI=1S/C31H31N3O5/c1-37-25-14-33-15-26-28(25)30(36)29(35)24(16-34-22-11-12-23(34)18-38-17-22)27(20-5-3-2-4-6-20)31(30,39-26)21-9-7-19(13-32)8-10-21/h2-10,14-15,22-24,27,29,35-36H,11-12,16-18H2,1H3/t22-,23+,24-,27-,29-,30+,31+/m1/s1. The Kier molecular flexibility index (Phi) is 5.69. The fourth-order valence-corrected chi connectivity index (χ4v) is 7.78. The van der Waals surface area contributed by atoms with Crippen LogP contribution in [-0.4, -0.2) is 65.2 Å². The summed E-state index contributed by atoms with van der Waals surface area (Å²) in [6.07, 6.45) is 4.07. The number of aliphatic hydroxyl groups is 2. The molecule has 8 nitrogen and oxygen atoms in total. The average Bonchev–Trinajstić information content (AvgIpc) is 3.44. The van der Waals surface area contributed by atoms with Gasteiger partial charge in [-0.2, -0.15) is 5.26 Å². The lowest BCUT2D eigenvalue weighted by Gasteiger charge is -2.41. The second-order valence-electron chi connectivity index (χ2n) is 11.1. The van der Waals surface area contributed by atoms with Gasteiger partial charge in [-0.1, -0.05) is 42.5 Å². The molecule has 8 heteroatoms. The Morgan fingerprint density at radius 2 is 1.79 bits per heavy atom. The van der Waals surface area contributed by atoms with Crippen molar-refractivity contribution in [1.29, 1.82) is 5.26 Å². The second-order valence-corrected chi connectivity index (χ2v) is 11.1. The van der Waals surface area contributed by atoms with Gasteiger partial charge in [-0.3, -0.25) is 9.88 Å². The molecule has 2 aromatic carbocycles. The quantitative estimate of drug-likeness (QED) is 0.523. The third kappa shape index (κ3) is 3.28. The lowest BCUT2D eigenvalue weighted by atomic mass is 9.70. The van der Waals surface area contributed by atoms with Crippen LogP contribution in [0.15, 0.2) is 67.0 Å². The molecule has 39 heavy (non-hydrogen) atoms. The zero-order valence-electron chi connectivity index (χ0n) is 21.7. The Bertz CT molecular complexity index is 1410. The van der Waals surface area contributed by atoms with Gasteiger partial charge in [0.2, 0.25) is 0 Å². The molecule has 1 saturated carbocycles. The van der Waals surface area contributed by atoms with Gasteiger partial charge in [-0.05, 0) is 36.1 Å². The van der Waals surface area contributed by atoms with Gasteiger partial charge in [0.15, 0.2) is 11.2 Å². The highest BCUT2D eigenvalue weighted by Crippen LogP contribution is 2.69. The molecule has 7 rings (SSSR count). The summed E-state index contributed by atoms with van der Waals surface area (Å²) in [5.41, 5.74) is -0.683. The number of aromatic nitrogens is 1. The van der Waals surface area contributed by atoms with Gasteiger partial charge in [-0.15, -0.1) is 0 Å². The normalized spacial score (nSPS) is 34.7. The summed E-state index contributed by atoms with van der Waals surface area (Å²) in [5.74, 6) is -0.0548. The number of nitriles is 1. The molecule has 0 amide bonds. The summed E-state index contributed by atoms with van der Waals surface area (Å²) in [4.78, 5) is 6.76. The summed E-state index contributed by atoms with van der Waals surface area (Å²) in [5, 5.41) is 34.8. The first-order valence-corrected chi connectivity index (χ1v) is 13.5. The minimum absolute atomic E-state index is 0.292. The molecule has 0 radical (unpaired) electrons. The van der Waals surface area contributed by atoms with Crippen LogP contribution >= 0.6 is 0 Å². The molecule has 3 fully saturated rings. The number of rotatable bonds is 5. The van der Waals surface area contributed by atoms with E-state index in [2.05, 4.69) is 16.0 Å². The van der Waals surface area contributed by atoms with Gasteiger partial charge in [-0.25, -0.2) is 0 Å². The van der Waals surface area contributed by atoms with E-state index < -0.39 is 23.2 Å². The van der Waals surface area contributed by atoms with Crippen molar-refractivity contribution in [2.75, 3.05) is 26.9 Å². The van der Waals surface area contributed by atoms with E-state index in [0.29, 0.717) is 60.0 Å². The summed E-state index contributed by atoms with van der Waals surface area (Å²) < 4.78 is 18.4. The Hall–Kier alpha value is -3.48. The van der Waals surface area contributed by atoms with E-state index in [-0.39, 0.29) is 5.92 Å². The van der Waals surface area contributed by atoms with Gasteiger partial charge in [0.05, 0.1) is 56.0 Å². The molecule has 4 heterocycles. The van der Waals surface area contributed by atoms with Crippen LogP contribution in [0.25, 0.3) is 0 Å². The molecule has 200 valence electrons. The van der Waals surface area contributed by atoms with Gasteiger partial charge >= 0.3 is 0 Å². The first kappa shape index (κ1) is 24.6. The monoisotopic (exact) mass is 525 g/mol. The number of fused-ring (bicyclic) bond motifs is 5. The number of methoxy groups -OCH3 is 1. The molecule has 2 saturated heterocycles. The third-order valence-corrected chi connectivity index (χ3v) is 9.43. The van der Waals surface area contributed by atoms with Gasteiger partial charge in [0, 0.05) is 30.5 Å². The minimum atomic E-state index is -1.85. The maximum atomic E-state index is 13.0. The fourth-order valence-electron chi connectivity index (χ4n) is 7.78. The Morgan fingerprint density at radius 3 is 2.46 bits per heavy atom. The molecular formula is C31H31N3O5. The van der Waals surface area contributed by atoms with E-state index >= 15 is 0 Å². The van der Waals surface area contributed by atoms with Crippen molar-refractivity contribution < 1.29 is 24.4 Å². The van der Waals surface area contributed by atoms with Crippen LogP contribution in [0.2, 0.25) is 0 Å². The molecule has 7 atom stereocenters. The number of hydrogen-bond donors (Lipinski definition) is 2. The van der Waals surface area contributed by atoms with Gasteiger partial charge in [0.25, 0.3) is 0 Å². The third-order valence-electron chi connectivity index (χ3n) is 9.43. The van der Waals surface area contributed by atoms with E-state index in [1.165, 1.54) is 7.11 Å². The smallest absolute Gasteiger partial charge is 0.177 e. The van der Waals surface area contributed by atoms with Gasteiger partial charge in [0.1, 0.15) is 11.5 Å². The van der Waals surface area contributed by atoms with Crippen LogP contribution in [-0.2, 0) is 15.9 Å². The van der Waals surface area contributed by atoms with Crippen molar-refractivity contribution in [1.82, 2.24) is 9.88 Å². The molecule has 0 unspecified atom stereocenters. The molecule has 3 aromatic rings. The Labute approximate surface area is 227 Å². The number of morpholine rings is 1. The summed E-state index contributed by atoms with van der Waals surface area (Å²) in [6.45, 7) is 1.95. The number of ether oxygens (including phenoxy) is 3. The molecule has 1 aliphatic carbocycles. The highest BCUT2D eigenvalue weighted by molar-refractivity contribution is 5.59. The molecule has 2 bridgehead atoms. The molecule has 0 spiro atoms. The SMILES string of the molecule is COc1cncc2c1[C@]1(O)[C@H](O)[C@H](CN3[C@@H]4CC[C@H]3COC4)[C@@H](c3ccccc3)[C@]1(c1ccc(C#N)cc1)O2. The Morgan fingerprint density at radius 1 is 1.08 bits per heavy atom. The van der Waals surface area contributed by atoms with E-state index in [1.807, 2.05) is 42.5 Å². The lowest BCUT2D eigenvalue weighted by Crippen LogP contribution is -2.52. The number of pyridine rings is 1. The van der Waals surface area contributed by atoms with Crippen molar-refractivity contribution in [2.45, 2.75) is 48.1 Å². The van der Waals surface area contributed by atoms with Crippen molar-refractivity contribution >= 4 is 0 Å². The molecule has 4 aliphatic rings. The zero-order valence-corrected chi connectivity index (χ0v) is 21.7. The van der Waals surface area contributed by atoms with E-state index in [4.69, 9.17) is 14.2 Å². The largest absolute Gasteiger partial charge is 0.495 e. The number of hydrogen-bond acceptors (Lipinski definition) is 8.